The normalized spacial score (nSPS) is 19.1. The van der Waals surface area contributed by atoms with E-state index in [0.29, 0.717) is 0 Å². The summed E-state index contributed by atoms with van der Waals surface area (Å²) in [5.41, 5.74) is 1.42. The minimum Gasteiger partial charge on any atom is -0.379 e. The van der Waals surface area contributed by atoms with Crippen molar-refractivity contribution >= 4 is 17.4 Å². The van der Waals surface area contributed by atoms with Gasteiger partial charge in [0.25, 0.3) is 0 Å². The Hall–Kier alpha value is -0.930. The van der Waals surface area contributed by atoms with Crippen LogP contribution in [-0.4, -0.2) is 36.8 Å². The van der Waals surface area contributed by atoms with Crippen LogP contribution in [0.4, 0.5) is 5.69 Å². The number of piperidine rings is 1. The van der Waals surface area contributed by atoms with Crippen molar-refractivity contribution in [1.29, 1.82) is 0 Å². The summed E-state index contributed by atoms with van der Waals surface area (Å²) in [5, 5.41) is 3.78. The molecule has 2 rings (SSSR count). The van der Waals surface area contributed by atoms with Crippen LogP contribution in [0.2, 0.25) is 0 Å². The zero-order chi connectivity index (χ0) is 13.7. The summed E-state index contributed by atoms with van der Waals surface area (Å²) < 4.78 is 0. The van der Waals surface area contributed by atoms with Gasteiger partial charge in [-0.1, -0.05) is 12.1 Å². The molecule has 0 unspecified atom stereocenters. The number of rotatable bonds is 5. The van der Waals surface area contributed by atoms with Crippen molar-refractivity contribution < 1.29 is 0 Å². The lowest BCUT2D eigenvalue weighted by atomic mass is 9.84. The standard InChI is InChI=1S/C16H24N2S/c1-4-8-16(9-11-18(2)12-10-16)17-14-6-5-7-15(13-14)19-3/h4-7,13,17H,1,8-12H2,2-3H3. The van der Waals surface area contributed by atoms with Crippen LogP contribution in [-0.2, 0) is 0 Å². The number of anilines is 1. The maximum atomic E-state index is 3.94. The van der Waals surface area contributed by atoms with Gasteiger partial charge in [-0.3, -0.25) is 0 Å². The lowest BCUT2D eigenvalue weighted by molar-refractivity contribution is 0.206. The molecular formula is C16H24N2S. The molecule has 0 spiro atoms. The molecule has 1 aliphatic heterocycles. The number of nitrogens with zero attached hydrogens (tertiary/aromatic N) is 1. The summed E-state index contributed by atoms with van der Waals surface area (Å²) in [5.74, 6) is 0. The first kappa shape index (κ1) is 14.5. The third-order valence-electron chi connectivity index (χ3n) is 3.96. The monoisotopic (exact) mass is 276 g/mol. The molecule has 1 aliphatic rings. The van der Waals surface area contributed by atoms with Crippen molar-refractivity contribution in [3.8, 4) is 0 Å². The fraction of sp³-hybridized carbons (Fsp3) is 0.500. The quantitative estimate of drug-likeness (QED) is 0.649. The molecule has 0 aromatic heterocycles. The van der Waals surface area contributed by atoms with Gasteiger partial charge in [-0.15, -0.1) is 18.3 Å². The van der Waals surface area contributed by atoms with Gasteiger partial charge in [0.15, 0.2) is 0 Å². The Morgan fingerprint density at radius 1 is 1.42 bits per heavy atom. The molecule has 0 amide bonds. The van der Waals surface area contributed by atoms with E-state index in [1.807, 2.05) is 0 Å². The summed E-state index contributed by atoms with van der Waals surface area (Å²) in [6.07, 6.45) is 7.56. The number of benzene rings is 1. The van der Waals surface area contributed by atoms with Gasteiger partial charge in [0.2, 0.25) is 0 Å². The minimum absolute atomic E-state index is 0.186. The van der Waals surface area contributed by atoms with Crippen molar-refractivity contribution in [2.75, 3.05) is 31.7 Å². The Balaban J connectivity index is 2.13. The molecule has 3 heteroatoms. The molecule has 0 atom stereocenters. The molecular weight excluding hydrogens is 252 g/mol. The molecule has 104 valence electrons. The molecule has 1 N–H and O–H groups in total. The lowest BCUT2D eigenvalue weighted by Gasteiger charge is -2.41. The molecule has 19 heavy (non-hydrogen) atoms. The first-order valence-electron chi connectivity index (χ1n) is 6.89. The van der Waals surface area contributed by atoms with Crippen LogP contribution in [0.25, 0.3) is 0 Å². The second kappa shape index (κ2) is 6.49. The van der Waals surface area contributed by atoms with Gasteiger partial charge < -0.3 is 10.2 Å². The average molecular weight is 276 g/mol. The fourth-order valence-corrected chi connectivity index (χ4v) is 3.17. The zero-order valence-corrected chi connectivity index (χ0v) is 12.8. The Morgan fingerprint density at radius 3 is 2.79 bits per heavy atom. The first-order chi connectivity index (χ1) is 9.17. The van der Waals surface area contributed by atoms with Crippen molar-refractivity contribution in [2.45, 2.75) is 29.7 Å². The highest BCUT2D eigenvalue weighted by atomic mass is 32.2. The Labute approximate surface area is 121 Å². The van der Waals surface area contributed by atoms with Crippen LogP contribution in [0.3, 0.4) is 0 Å². The van der Waals surface area contributed by atoms with Crippen LogP contribution < -0.4 is 5.32 Å². The Morgan fingerprint density at radius 2 is 2.16 bits per heavy atom. The summed E-state index contributed by atoms with van der Waals surface area (Å²) >= 11 is 1.79. The molecule has 0 aliphatic carbocycles. The van der Waals surface area contributed by atoms with Gasteiger partial charge in [-0.2, -0.15) is 0 Å². The number of thioether (sulfide) groups is 1. The SMILES string of the molecule is C=CCC1(Nc2cccc(SC)c2)CCN(C)CC1. The largest absolute Gasteiger partial charge is 0.379 e. The van der Waals surface area contributed by atoms with Gasteiger partial charge in [-0.05, 0) is 50.8 Å². The Kier molecular flexibility index (Phi) is 4.94. The van der Waals surface area contributed by atoms with Gasteiger partial charge >= 0.3 is 0 Å². The van der Waals surface area contributed by atoms with E-state index in [2.05, 4.69) is 60.4 Å². The summed E-state index contributed by atoms with van der Waals surface area (Å²) in [7, 11) is 2.20. The molecule has 0 radical (unpaired) electrons. The highest BCUT2D eigenvalue weighted by Crippen LogP contribution is 2.31. The van der Waals surface area contributed by atoms with E-state index in [9.17, 15) is 0 Å². The Bertz CT molecular complexity index is 423. The third-order valence-corrected chi connectivity index (χ3v) is 4.68. The second-order valence-electron chi connectivity index (χ2n) is 5.43. The van der Waals surface area contributed by atoms with Gasteiger partial charge in [0, 0.05) is 29.2 Å². The topological polar surface area (TPSA) is 15.3 Å². The summed E-state index contributed by atoms with van der Waals surface area (Å²) in [6, 6.07) is 8.70. The molecule has 1 saturated heterocycles. The highest BCUT2D eigenvalue weighted by Gasteiger charge is 2.32. The van der Waals surface area contributed by atoms with Gasteiger partial charge in [0.05, 0.1) is 0 Å². The molecule has 2 nitrogen and oxygen atoms in total. The van der Waals surface area contributed by atoms with E-state index in [4.69, 9.17) is 0 Å². The first-order valence-corrected chi connectivity index (χ1v) is 8.12. The predicted molar refractivity (Wildman–Crippen MR) is 86.1 cm³/mol. The highest BCUT2D eigenvalue weighted by molar-refractivity contribution is 7.98. The molecule has 1 aromatic rings. The van der Waals surface area contributed by atoms with Gasteiger partial charge in [-0.25, -0.2) is 0 Å². The van der Waals surface area contributed by atoms with Crippen molar-refractivity contribution in [2.24, 2.45) is 0 Å². The minimum atomic E-state index is 0.186. The molecule has 1 heterocycles. The number of hydrogen-bond donors (Lipinski definition) is 1. The lowest BCUT2D eigenvalue weighted by Crippen LogP contribution is -2.47. The van der Waals surface area contributed by atoms with Crippen LogP contribution in [0.15, 0.2) is 41.8 Å². The third kappa shape index (κ3) is 3.77. The predicted octanol–water partition coefficient (Wildman–Crippen LogP) is 3.86. The fourth-order valence-electron chi connectivity index (χ4n) is 2.71. The van der Waals surface area contributed by atoms with Crippen molar-refractivity contribution in [1.82, 2.24) is 4.90 Å². The van der Waals surface area contributed by atoms with Crippen LogP contribution in [0.1, 0.15) is 19.3 Å². The second-order valence-corrected chi connectivity index (χ2v) is 6.31. The summed E-state index contributed by atoms with van der Waals surface area (Å²) in [6.45, 7) is 6.25. The maximum Gasteiger partial charge on any atom is 0.0432 e. The van der Waals surface area contributed by atoms with Gasteiger partial charge in [0.1, 0.15) is 0 Å². The van der Waals surface area contributed by atoms with Crippen LogP contribution >= 0.6 is 11.8 Å². The molecule has 1 fully saturated rings. The summed E-state index contributed by atoms with van der Waals surface area (Å²) in [4.78, 5) is 3.72. The van der Waals surface area contributed by atoms with Crippen LogP contribution in [0, 0.1) is 0 Å². The molecule has 0 saturated carbocycles. The van der Waals surface area contributed by atoms with E-state index in [1.165, 1.54) is 23.4 Å². The van der Waals surface area contributed by atoms with E-state index >= 15 is 0 Å². The molecule has 1 aromatic carbocycles. The van der Waals surface area contributed by atoms with Crippen molar-refractivity contribution in [3.63, 3.8) is 0 Å². The van der Waals surface area contributed by atoms with E-state index in [0.717, 1.165) is 19.5 Å². The average Bonchev–Trinajstić information content (AvgIpc) is 2.43. The smallest absolute Gasteiger partial charge is 0.0432 e. The number of likely N-dealkylation sites (tertiary alicyclic amines) is 1. The van der Waals surface area contributed by atoms with Crippen LogP contribution in [0.5, 0.6) is 0 Å². The maximum absolute atomic E-state index is 3.94. The molecule has 0 bridgehead atoms. The zero-order valence-electron chi connectivity index (χ0n) is 12.0. The van der Waals surface area contributed by atoms with Crippen molar-refractivity contribution in [3.05, 3.63) is 36.9 Å². The van der Waals surface area contributed by atoms with E-state index in [-0.39, 0.29) is 5.54 Å². The number of nitrogens with one attached hydrogen (secondary N) is 1. The number of hydrogen-bond acceptors (Lipinski definition) is 3. The van der Waals surface area contributed by atoms with E-state index < -0.39 is 0 Å². The van der Waals surface area contributed by atoms with E-state index in [1.54, 1.807) is 11.8 Å².